The van der Waals surface area contributed by atoms with Crippen LogP contribution in [0.5, 0.6) is 0 Å². The van der Waals surface area contributed by atoms with Crippen molar-refractivity contribution in [3.8, 4) is 0 Å². The molecule has 0 saturated heterocycles. The highest BCUT2D eigenvalue weighted by Crippen LogP contribution is 2.20. The van der Waals surface area contributed by atoms with Crippen LogP contribution in [0.15, 0.2) is 41.0 Å². The van der Waals surface area contributed by atoms with Gasteiger partial charge in [-0.1, -0.05) is 11.6 Å². The normalized spacial score (nSPS) is 10.2. The lowest BCUT2D eigenvalue weighted by Gasteiger charge is -2.06. The second-order valence-electron chi connectivity index (χ2n) is 3.45. The third-order valence-corrected chi connectivity index (χ3v) is 3.61. The Morgan fingerprint density at radius 3 is 2.67 bits per heavy atom. The van der Waals surface area contributed by atoms with Crippen LogP contribution in [0, 0.1) is 3.57 Å². The molecular formula is C12H7BrClIN2O. The van der Waals surface area contributed by atoms with Crippen molar-refractivity contribution in [3.63, 3.8) is 0 Å². The van der Waals surface area contributed by atoms with Crippen LogP contribution in [-0.2, 0) is 0 Å². The van der Waals surface area contributed by atoms with Gasteiger partial charge < -0.3 is 5.32 Å². The van der Waals surface area contributed by atoms with Gasteiger partial charge in [-0.25, -0.2) is 4.98 Å². The molecule has 92 valence electrons. The molecular weight excluding hydrogens is 430 g/mol. The first-order valence-corrected chi connectivity index (χ1v) is 7.19. The number of nitrogens with zero attached hydrogens (tertiary/aromatic N) is 1. The summed E-state index contributed by atoms with van der Waals surface area (Å²) in [5.74, 6) is -0.282. The molecule has 0 aliphatic carbocycles. The van der Waals surface area contributed by atoms with E-state index >= 15 is 0 Å². The predicted octanol–water partition coefficient (Wildman–Crippen LogP) is 4.35. The van der Waals surface area contributed by atoms with Crippen LogP contribution >= 0.6 is 50.1 Å². The predicted molar refractivity (Wildman–Crippen MR) is 84.1 cm³/mol. The van der Waals surface area contributed by atoms with E-state index in [1.54, 1.807) is 12.3 Å². The van der Waals surface area contributed by atoms with Gasteiger partial charge in [-0.2, -0.15) is 0 Å². The summed E-state index contributed by atoms with van der Waals surface area (Å²) in [5, 5.41) is 2.95. The van der Waals surface area contributed by atoms with Crippen molar-refractivity contribution >= 4 is 61.7 Å². The van der Waals surface area contributed by atoms with Crippen LogP contribution in [0.2, 0.25) is 5.15 Å². The molecule has 2 aromatic rings. The number of carbonyl (C=O) groups excluding carboxylic acids is 1. The standard InChI is InChI=1S/C12H7BrClIN2O/c13-7-5-10(11(14)16-6-7)12(18)17-9-3-1-8(15)2-4-9/h1-6H,(H,17,18). The maximum absolute atomic E-state index is 12.0. The summed E-state index contributed by atoms with van der Waals surface area (Å²) >= 11 is 11.3. The zero-order valence-electron chi connectivity index (χ0n) is 8.95. The van der Waals surface area contributed by atoms with Crippen molar-refractivity contribution in [2.75, 3.05) is 5.32 Å². The second-order valence-corrected chi connectivity index (χ2v) is 5.97. The summed E-state index contributed by atoms with van der Waals surface area (Å²) < 4.78 is 1.81. The maximum atomic E-state index is 12.0. The lowest BCUT2D eigenvalue weighted by atomic mass is 10.2. The molecule has 3 nitrogen and oxygen atoms in total. The van der Waals surface area contributed by atoms with E-state index in [4.69, 9.17) is 11.6 Å². The van der Waals surface area contributed by atoms with Crippen molar-refractivity contribution in [2.45, 2.75) is 0 Å². The van der Waals surface area contributed by atoms with Gasteiger partial charge in [-0.05, 0) is 68.9 Å². The fraction of sp³-hybridized carbons (Fsp3) is 0. The number of nitrogens with one attached hydrogen (secondary N) is 1. The highest BCUT2D eigenvalue weighted by molar-refractivity contribution is 14.1. The van der Waals surface area contributed by atoms with Gasteiger partial charge in [0.2, 0.25) is 0 Å². The van der Waals surface area contributed by atoms with Crippen LogP contribution in [0.25, 0.3) is 0 Å². The van der Waals surface area contributed by atoms with E-state index in [0.717, 1.165) is 9.26 Å². The largest absolute Gasteiger partial charge is 0.322 e. The van der Waals surface area contributed by atoms with Crippen LogP contribution in [0.3, 0.4) is 0 Å². The van der Waals surface area contributed by atoms with E-state index in [9.17, 15) is 4.79 Å². The fourth-order valence-corrected chi connectivity index (χ4v) is 2.19. The van der Waals surface area contributed by atoms with Crippen LogP contribution in [0.1, 0.15) is 10.4 Å². The summed E-state index contributed by atoms with van der Waals surface area (Å²) in [6, 6.07) is 9.13. The molecule has 18 heavy (non-hydrogen) atoms. The van der Waals surface area contributed by atoms with Gasteiger partial charge in [0.05, 0.1) is 5.56 Å². The molecule has 1 aromatic carbocycles. The van der Waals surface area contributed by atoms with Gasteiger partial charge in [0.1, 0.15) is 5.15 Å². The summed E-state index contributed by atoms with van der Waals surface area (Å²) in [5.41, 5.74) is 1.06. The number of rotatable bonds is 2. The monoisotopic (exact) mass is 436 g/mol. The number of benzene rings is 1. The Morgan fingerprint density at radius 2 is 2.00 bits per heavy atom. The molecule has 0 saturated carbocycles. The maximum Gasteiger partial charge on any atom is 0.258 e. The van der Waals surface area contributed by atoms with Crippen LogP contribution in [0.4, 0.5) is 5.69 Å². The van der Waals surface area contributed by atoms with Crippen molar-refractivity contribution in [3.05, 3.63) is 55.3 Å². The van der Waals surface area contributed by atoms with E-state index in [2.05, 4.69) is 48.8 Å². The number of aromatic nitrogens is 1. The molecule has 0 aliphatic rings. The molecule has 0 spiro atoms. The van der Waals surface area contributed by atoms with Gasteiger partial charge in [0, 0.05) is 19.9 Å². The number of hydrogen-bond acceptors (Lipinski definition) is 2. The second kappa shape index (κ2) is 5.99. The number of pyridine rings is 1. The molecule has 0 fully saturated rings. The number of anilines is 1. The first-order chi connectivity index (χ1) is 8.56. The summed E-state index contributed by atoms with van der Waals surface area (Å²) in [7, 11) is 0. The summed E-state index contributed by atoms with van der Waals surface area (Å²) in [6.45, 7) is 0. The highest BCUT2D eigenvalue weighted by atomic mass is 127. The molecule has 0 radical (unpaired) electrons. The molecule has 0 aliphatic heterocycles. The molecule has 0 atom stereocenters. The first-order valence-electron chi connectivity index (χ1n) is 4.94. The van der Waals surface area contributed by atoms with Gasteiger partial charge in [-0.15, -0.1) is 0 Å². The number of halogens is 3. The fourth-order valence-electron chi connectivity index (χ4n) is 1.31. The van der Waals surface area contributed by atoms with E-state index in [-0.39, 0.29) is 11.1 Å². The van der Waals surface area contributed by atoms with Gasteiger partial charge in [-0.3, -0.25) is 4.79 Å². The van der Waals surface area contributed by atoms with Crippen molar-refractivity contribution < 1.29 is 4.79 Å². The van der Waals surface area contributed by atoms with Crippen LogP contribution in [-0.4, -0.2) is 10.9 Å². The zero-order chi connectivity index (χ0) is 13.1. The van der Waals surface area contributed by atoms with E-state index in [0.29, 0.717) is 10.0 Å². The minimum atomic E-state index is -0.282. The molecule has 2 rings (SSSR count). The Morgan fingerprint density at radius 1 is 1.33 bits per heavy atom. The first kappa shape index (κ1) is 13.8. The van der Waals surface area contributed by atoms with E-state index in [1.165, 1.54) is 0 Å². The van der Waals surface area contributed by atoms with E-state index in [1.807, 2.05) is 24.3 Å². The number of amides is 1. The topological polar surface area (TPSA) is 42.0 Å². The number of carbonyl (C=O) groups is 1. The minimum absolute atomic E-state index is 0.182. The molecule has 6 heteroatoms. The quantitative estimate of drug-likeness (QED) is 0.561. The molecule has 1 N–H and O–H groups in total. The molecule has 1 amide bonds. The molecule has 1 heterocycles. The minimum Gasteiger partial charge on any atom is -0.322 e. The van der Waals surface area contributed by atoms with Gasteiger partial charge in [0.25, 0.3) is 5.91 Å². The Bertz CT molecular complexity index is 589. The zero-order valence-corrected chi connectivity index (χ0v) is 13.5. The number of hydrogen-bond donors (Lipinski definition) is 1. The average molecular weight is 437 g/mol. The van der Waals surface area contributed by atoms with Crippen molar-refractivity contribution in [1.29, 1.82) is 0 Å². The smallest absolute Gasteiger partial charge is 0.258 e. The van der Waals surface area contributed by atoms with Gasteiger partial charge in [0.15, 0.2) is 0 Å². The Hall–Kier alpha value is -0.660. The Labute approximate surface area is 131 Å². The summed E-state index contributed by atoms with van der Waals surface area (Å²) in [6.07, 6.45) is 1.55. The average Bonchev–Trinajstić information content (AvgIpc) is 2.35. The van der Waals surface area contributed by atoms with Gasteiger partial charge >= 0.3 is 0 Å². The molecule has 0 unspecified atom stereocenters. The third-order valence-electron chi connectivity index (χ3n) is 2.15. The third kappa shape index (κ3) is 3.43. The Kier molecular flexibility index (Phi) is 4.58. The van der Waals surface area contributed by atoms with Crippen LogP contribution < -0.4 is 5.32 Å². The van der Waals surface area contributed by atoms with E-state index < -0.39 is 0 Å². The molecule has 0 bridgehead atoms. The summed E-state index contributed by atoms with van der Waals surface area (Å²) in [4.78, 5) is 15.9. The molecule has 1 aromatic heterocycles. The lowest BCUT2D eigenvalue weighted by molar-refractivity contribution is 0.102. The highest BCUT2D eigenvalue weighted by Gasteiger charge is 2.12. The Balaban J connectivity index is 2.21. The lowest BCUT2D eigenvalue weighted by Crippen LogP contribution is -2.13. The van der Waals surface area contributed by atoms with Crippen molar-refractivity contribution in [1.82, 2.24) is 4.98 Å². The van der Waals surface area contributed by atoms with Crippen molar-refractivity contribution in [2.24, 2.45) is 0 Å². The SMILES string of the molecule is O=C(Nc1ccc(I)cc1)c1cc(Br)cnc1Cl.